The third-order valence-electron chi connectivity index (χ3n) is 2.72. The first-order valence-electron chi connectivity index (χ1n) is 6.01. The van der Waals surface area contributed by atoms with Crippen molar-refractivity contribution in [3.8, 4) is 11.4 Å². The van der Waals surface area contributed by atoms with Gasteiger partial charge >= 0.3 is 0 Å². The van der Waals surface area contributed by atoms with Crippen LogP contribution in [0.15, 0.2) is 30.6 Å². The summed E-state index contributed by atoms with van der Waals surface area (Å²) in [5.74, 6) is 0.781. The van der Waals surface area contributed by atoms with Gasteiger partial charge in [-0.3, -0.25) is 5.10 Å². The normalized spacial score (nSPS) is 12.3. The van der Waals surface area contributed by atoms with Crippen LogP contribution in [0.4, 0.5) is 5.69 Å². The van der Waals surface area contributed by atoms with E-state index in [-0.39, 0.29) is 0 Å². The first-order valence-corrected chi connectivity index (χ1v) is 6.01. The van der Waals surface area contributed by atoms with Gasteiger partial charge in [-0.15, -0.1) is 0 Å². The smallest absolute Gasteiger partial charge is 0.155 e. The van der Waals surface area contributed by atoms with Gasteiger partial charge in [-0.25, -0.2) is 4.98 Å². The Kier molecular flexibility index (Phi) is 4.30. The molecule has 2 N–H and O–H groups in total. The lowest BCUT2D eigenvalue weighted by Gasteiger charge is -2.15. The van der Waals surface area contributed by atoms with Gasteiger partial charge in [0.2, 0.25) is 0 Å². The van der Waals surface area contributed by atoms with Gasteiger partial charge in [-0.05, 0) is 25.5 Å². The van der Waals surface area contributed by atoms with E-state index in [2.05, 4.69) is 33.5 Å². The zero-order chi connectivity index (χ0) is 12.8. The molecule has 0 saturated heterocycles. The summed E-state index contributed by atoms with van der Waals surface area (Å²) in [7, 11) is 1.72. The van der Waals surface area contributed by atoms with Crippen molar-refractivity contribution >= 4 is 5.69 Å². The molecule has 2 rings (SSSR count). The van der Waals surface area contributed by atoms with Crippen LogP contribution in [-0.4, -0.2) is 34.9 Å². The van der Waals surface area contributed by atoms with Gasteiger partial charge in [0, 0.05) is 31.0 Å². The van der Waals surface area contributed by atoms with Gasteiger partial charge in [-0.1, -0.05) is 12.1 Å². The molecule has 5 heteroatoms. The van der Waals surface area contributed by atoms with E-state index in [1.54, 1.807) is 7.11 Å². The lowest BCUT2D eigenvalue weighted by molar-refractivity contribution is 0.191. The largest absolute Gasteiger partial charge is 0.385 e. The van der Waals surface area contributed by atoms with Gasteiger partial charge in [0.15, 0.2) is 5.82 Å². The molecule has 0 aliphatic rings. The van der Waals surface area contributed by atoms with Crippen molar-refractivity contribution in [1.82, 2.24) is 15.2 Å². The van der Waals surface area contributed by atoms with Crippen LogP contribution in [0.2, 0.25) is 0 Å². The molecule has 0 saturated carbocycles. The van der Waals surface area contributed by atoms with Gasteiger partial charge in [0.25, 0.3) is 0 Å². The van der Waals surface area contributed by atoms with Crippen LogP contribution in [0.3, 0.4) is 0 Å². The molecular weight excluding hydrogens is 228 g/mol. The summed E-state index contributed by atoms with van der Waals surface area (Å²) in [5, 5.41) is 10.2. The van der Waals surface area contributed by atoms with E-state index < -0.39 is 0 Å². The fraction of sp³-hybridized carbons (Fsp3) is 0.385. The van der Waals surface area contributed by atoms with Crippen LogP contribution in [0.5, 0.6) is 0 Å². The minimum atomic E-state index is 0.370. The highest BCUT2D eigenvalue weighted by molar-refractivity contribution is 5.62. The van der Waals surface area contributed by atoms with Gasteiger partial charge in [0.05, 0.1) is 0 Å². The van der Waals surface area contributed by atoms with Crippen molar-refractivity contribution in [2.24, 2.45) is 0 Å². The quantitative estimate of drug-likeness (QED) is 0.821. The van der Waals surface area contributed by atoms with Gasteiger partial charge in [0.1, 0.15) is 6.33 Å². The van der Waals surface area contributed by atoms with Crippen molar-refractivity contribution in [2.45, 2.75) is 19.4 Å². The molecule has 1 aromatic heterocycles. The Morgan fingerprint density at radius 1 is 1.44 bits per heavy atom. The predicted octanol–water partition coefficient (Wildman–Crippen LogP) is 2.31. The monoisotopic (exact) mass is 246 g/mol. The molecule has 1 heterocycles. The van der Waals surface area contributed by atoms with Crippen molar-refractivity contribution < 1.29 is 4.74 Å². The highest BCUT2D eigenvalue weighted by atomic mass is 16.5. The lowest BCUT2D eigenvalue weighted by atomic mass is 10.1. The molecule has 0 aliphatic heterocycles. The minimum Gasteiger partial charge on any atom is -0.385 e. The molecule has 96 valence electrons. The molecule has 0 fully saturated rings. The van der Waals surface area contributed by atoms with E-state index in [1.165, 1.54) is 6.33 Å². The molecule has 0 amide bonds. The number of methoxy groups -OCH3 is 1. The number of anilines is 1. The maximum atomic E-state index is 5.07. The van der Waals surface area contributed by atoms with Crippen LogP contribution in [0.25, 0.3) is 11.4 Å². The zero-order valence-electron chi connectivity index (χ0n) is 10.7. The van der Waals surface area contributed by atoms with Crippen LogP contribution >= 0.6 is 0 Å². The number of nitrogens with zero attached hydrogens (tertiary/aromatic N) is 2. The lowest BCUT2D eigenvalue weighted by Crippen LogP contribution is -2.17. The van der Waals surface area contributed by atoms with Crippen LogP contribution in [0, 0.1) is 0 Å². The average molecular weight is 246 g/mol. The number of hydrogen-bond donors (Lipinski definition) is 2. The summed E-state index contributed by atoms with van der Waals surface area (Å²) in [6.07, 6.45) is 2.49. The topological polar surface area (TPSA) is 62.8 Å². The Morgan fingerprint density at radius 2 is 2.33 bits per heavy atom. The number of benzene rings is 1. The first-order chi connectivity index (χ1) is 8.79. The zero-order valence-corrected chi connectivity index (χ0v) is 10.7. The number of aromatic amines is 1. The summed E-state index contributed by atoms with van der Waals surface area (Å²) < 4.78 is 5.07. The predicted molar refractivity (Wildman–Crippen MR) is 71.4 cm³/mol. The van der Waals surface area contributed by atoms with Crippen molar-refractivity contribution in [1.29, 1.82) is 0 Å². The number of H-pyrrole nitrogens is 1. The molecule has 0 bridgehead atoms. The molecule has 2 aromatic rings. The maximum Gasteiger partial charge on any atom is 0.155 e. The summed E-state index contributed by atoms with van der Waals surface area (Å²) in [6, 6.07) is 8.48. The Balaban J connectivity index is 2.03. The average Bonchev–Trinajstić information content (AvgIpc) is 2.90. The SMILES string of the molecule is COCCC(C)Nc1cccc(-c2ncn[nH]2)c1. The second-order valence-electron chi connectivity index (χ2n) is 4.24. The van der Waals surface area contributed by atoms with Crippen LogP contribution in [-0.2, 0) is 4.74 Å². The highest BCUT2D eigenvalue weighted by Crippen LogP contribution is 2.19. The van der Waals surface area contributed by atoms with Crippen LogP contribution in [0.1, 0.15) is 13.3 Å². The van der Waals surface area contributed by atoms with Gasteiger partial charge in [-0.2, -0.15) is 5.10 Å². The van der Waals surface area contributed by atoms with Crippen molar-refractivity contribution in [2.75, 3.05) is 19.0 Å². The minimum absolute atomic E-state index is 0.370. The Hall–Kier alpha value is -1.88. The first kappa shape index (κ1) is 12.6. The molecule has 1 atom stereocenters. The Bertz CT molecular complexity index is 470. The fourth-order valence-electron chi connectivity index (χ4n) is 1.75. The van der Waals surface area contributed by atoms with E-state index in [9.17, 15) is 0 Å². The molecule has 0 aliphatic carbocycles. The molecule has 5 nitrogen and oxygen atoms in total. The Labute approximate surface area is 107 Å². The third kappa shape index (κ3) is 3.30. The molecule has 18 heavy (non-hydrogen) atoms. The van der Waals surface area contributed by atoms with Crippen LogP contribution < -0.4 is 5.32 Å². The summed E-state index contributed by atoms with van der Waals surface area (Å²) in [5.41, 5.74) is 2.10. The van der Waals surface area contributed by atoms with E-state index in [0.717, 1.165) is 30.1 Å². The second kappa shape index (κ2) is 6.16. The number of aromatic nitrogens is 3. The number of rotatable bonds is 6. The number of ether oxygens (including phenoxy) is 1. The van der Waals surface area contributed by atoms with E-state index in [1.807, 2.05) is 18.2 Å². The molecular formula is C13H18N4O. The highest BCUT2D eigenvalue weighted by Gasteiger charge is 2.04. The molecule has 0 radical (unpaired) electrons. The third-order valence-corrected chi connectivity index (χ3v) is 2.72. The summed E-state index contributed by atoms with van der Waals surface area (Å²) in [6.45, 7) is 2.90. The molecule has 1 unspecified atom stereocenters. The number of hydrogen-bond acceptors (Lipinski definition) is 4. The standard InChI is InChI=1S/C13H18N4O/c1-10(6-7-18-2)16-12-5-3-4-11(8-12)13-14-9-15-17-13/h3-5,8-10,16H,6-7H2,1-2H3,(H,14,15,17). The molecule has 1 aromatic carbocycles. The second-order valence-corrected chi connectivity index (χ2v) is 4.24. The van der Waals surface area contributed by atoms with Crippen molar-refractivity contribution in [3.63, 3.8) is 0 Å². The Morgan fingerprint density at radius 3 is 3.06 bits per heavy atom. The van der Waals surface area contributed by atoms with E-state index in [4.69, 9.17) is 4.74 Å². The molecule has 0 spiro atoms. The number of nitrogens with one attached hydrogen (secondary N) is 2. The summed E-state index contributed by atoms with van der Waals surface area (Å²) >= 11 is 0. The van der Waals surface area contributed by atoms with E-state index >= 15 is 0 Å². The van der Waals surface area contributed by atoms with Gasteiger partial charge < -0.3 is 10.1 Å². The fourth-order valence-corrected chi connectivity index (χ4v) is 1.75. The summed E-state index contributed by atoms with van der Waals surface area (Å²) in [4.78, 5) is 4.14. The van der Waals surface area contributed by atoms with E-state index in [0.29, 0.717) is 6.04 Å². The van der Waals surface area contributed by atoms with Crippen molar-refractivity contribution in [3.05, 3.63) is 30.6 Å². The maximum absolute atomic E-state index is 5.07.